The summed E-state index contributed by atoms with van der Waals surface area (Å²) in [5.74, 6) is 1.09. The van der Waals surface area contributed by atoms with Gasteiger partial charge in [-0.3, -0.25) is 4.79 Å². The van der Waals surface area contributed by atoms with Crippen molar-refractivity contribution in [3.63, 3.8) is 0 Å². The molecule has 1 amide bonds. The maximum absolute atomic E-state index is 12.3. The number of benzene rings is 3. The largest absolute Gasteiger partial charge is 0.484 e. The number of amides is 1. The summed E-state index contributed by atoms with van der Waals surface area (Å²) in [6, 6.07) is 26.4. The highest BCUT2D eigenvalue weighted by Crippen LogP contribution is 2.24. The number of hydrogen-bond donors (Lipinski definition) is 1. The highest BCUT2D eigenvalue weighted by atomic mass is 16.5. The third-order valence-corrected chi connectivity index (χ3v) is 4.82. The van der Waals surface area contributed by atoms with Crippen LogP contribution in [0.15, 0.2) is 83.3 Å². The summed E-state index contributed by atoms with van der Waals surface area (Å²) in [4.78, 5) is 12.3. The number of nitrogens with one attached hydrogen (secondary N) is 1. The Kier molecular flexibility index (Phi) is 5.49. The van der Waals surface area contributed by atoms with Gasteiger partial charge in [0.1, 0.15) is 17.1 Å². The number of rotatable bonds is 6. The van der Waals surface area contributed by atoms with Crippen molar-refractivity contribution in [2.24, 2.45) is 0 Å². The summed E-state index contributed by atoms with van der Waals surface area (Å²) in [6.07, 6.45) is 0. The van der Waals surface area contributed by atoms with Crippen molar-refractivity contribution in [3.05, 3.63) is 90.2 Å². The van der Waals surface area contributed by atoms with E-state index >= 15 is 0 Å². The van der Waals surface area contributed by atoms with Gasteiger partial charge in [0.15, 0.2) is 6.61 Å². The van der Waals surface area contributed by atoms with Gasteiger partial charge in [-0.25, -0.2) is 0 Å². The average molecular weight is 396 g/mol. The lowest BCUT2D eigenvalue weighted by Crippen LogP contribution is -2.31. The van der Waals surface area contributed by atoms with E-state index < -0.39 is 0 Å². The number of carbonyl (C=O) groups excluding carboxylic acids is 1. The van der Waals surface area contributed by atoms with Crippen molar-refractivity contribution in [2.45, 2.75) is 13.0 Å². The first-order valence-corrected chi connectivity index (χ1v) is 9.63. The smallest absolute Gasteiger partial charge is 0.258 e. The second-order valence-electron chi connectivity index (χ2n) is 6.98. The molecule has 0 aliphatic heterocycles. The molecule has 1 heterocycles. The number of ether oxygens (including phenoxy) is 1. The third kappa shape index (κ3) is 4.34. The van der Waals surface area contributed by atoms with Crippen molar-refractivity contribution in [2.75, 3.05) is 6.61 Å². The lowest BCUT2D eigenvalue weighted by Gasteiger charge is -2.12. The van der Waals surface area contributed by atoms with Gasteiger partial charge in [-0.2, -0.15) is 5.26 Å². The predicted molar refractivity (Wildman–Crippen MR) is 115 cm³/mol. The Bertz CT molecular complexity index is 1170. The van der Waals surface area contributed by atoms with Crippen LogP contribution in [0, 0.1) is 11.3 Å². The fourth-order valence-corrected chi connectivity index (χ4v) is 3.20. The molecule has 5 heteroatoms. The Labute approximate surface area is 174 Å². The molecule has 4 rings (SSSR count). The normalized spacial score (nSPS) is 11.6. The Hall–Kier alpha value is -4.04. The van der Waals surface area contributed by atoms with Crippen LogP contribution in [0.1, 0.15) is 24.3 Å². The minimum absolute atomic E-state index is 0.0826. The molecule has 1 atom stereocenters. The Morgan fingerprint density at radius 3 is 2.37 bits per heavy atom. The molecule has 0 aliphatic carbocycles. The summed E-state index contributed by atoms with van der Waals surface area (Å²) in [7, 11) is 0. The maximum Gasteiger partial charge on any atom is 0.258 e. The molecular weight excluding hydrogens is 376 g/mol. The lowest BCUT2D eigenvalue weighted by molar-refractivity contribution is -0.123. The Morgan fingerprint density at radius 2 is 1.70 bits per heavy atom. The maximum atomic E-state index is 12.3. The van der Waals surface area contributed by atoms with E-state index in [9.17, 15) is 4.79 Å². The van der Waals surface area contributed by atoms with Crippen molar-refractivity contribution in [1.82, 2.24) is 5.32 Å². The van der Waals surface area contributed by atoms with Gasteiger partial charge in [0.05, 0.1) is 17.7 Å². The molecule has 0 saturated carbocycles. The molecule has 0 fully saturated rings. The molecule has 148 valence electrons. The van der Waals surface area contributed by atoms with E-state index in [1.54, 1.807) is 12.1 Å². The van der Waals surface area contributed by atoms with Crippen LogP contribution in [-0.2, 0) is 4.79 Å². The van der Waals surface area contributed by atoms with Crippen LogP contribution in [-0.4, -0.2) is 12.5 Å². The molecule has 3 aromatic carbocycles. The van der Waals surface area contributed by atoms with Gasteiger partial charge < -0.3 is 14.5 Å². The molecule has 1 N–H and O–H groups in total. The van der Waals surface area contributed by atoms with Crippen molar-refractivity contribution < 1.29 is 13.9 Å². The SMILES string of the molecule is C[C@@H](NC(=O)COc1ccc(-c2ccc(C#N)cc2)cc1)c1cc2ccccc2o1. The molecule has 0 saturated heterocycles. The van der Waals surface area contributed by atoms with Crippen molar-refractivity contribution in [1.29, 1.82) is 5.26 Å². The number of nitrogens with zero attached hydrogens (tertiary/aromatic N) is 1. The van der Waals surface area contributed by atoms with Gasteiger partial charge in [0, 0.05) is 5.39 Å². The van der Waals surface area contributed by atoms with Gasteiger partial charge >= 0.3 is 0 Å². The first-order valence-electron chi connectivity index (χ1n) is 9.63. The molecule has 4 aromatic rings. The second-order valence-corrected chi connectivity index (χ2v) is 6.98. The highest BCUT2D eigenvalue weighted by molar-refractivity contribution is 5.80. The fourth-order valence-electron chi connectivity index (χ4n) is 3.20. The fraction of sp³-hybridized carbons (Fsp3) is 0.120. The zero-order valence-electron chi connectivity index (χ0n) is 16.5. The second kappa shape index (κ2) is 8.54. The van der Waals surface area contributed by atoms with E-state index in [0.717, 1.165) is 22.1 Å². The first-order chi connectivity index (χ1) is 14.6. The van der Waals surface area contributed by atoms with Crippen LogP contribution in [0.3, 0.4) is 0 Å². The van der Waals surface area contributed by atoms with Crippen LogP contribution in [0.5, 0.6) is 5.75 Å². The number of hydrogen-bond acceptors (Lipinski definition) is 4. The Balaban J connectivity index is 1.32. The molecule has 5 nitrogen and oxygen atoms in total. The minimum atomic E-state index is -0.257. The summed E-state index contributed by atoms with van der Waals surface area (Å²) >= 11 is 0. The molecule has 30 heavy (non-hydrogen) atoms. The number of furan rings is 1. The quantitative estimate of drug-likeness (QED) is 0.484. The van der Waals surface area contributed by atoms with Crippen LogP contribution in [0.2, 0.25) is 0 Å². The van der Waals surface area contributed by atoms with Gasteiger partial charge in [-0.15, -0.1) is 0 Å². The van der Waals surface area contributed by atoms with Gasteiger partial charge in [-0.05, 0) is 54.4 Å². The van der Waals surface area contributed by atoms with E-state index in [1.807, 2.05) is 73.7 Å². The van der Waals surface area contributed by atoms with E-state index in [1.165, 1.54) is 0 Å². The van der Waals surface area contributed by atoms with E-state index in [4.69, 9.17) is 14.4 Å². The molecular formula is C25H20N2O3. The molecule has 0 spiro atoms. The number of fused-ring (bicyclic) bond motifs is 1. The summed E-state index contributed by atoms with van der Waals surface area (Å²) in [5.41, 5.74) is 3.45. The van der Waals surface area contributed by atoms with Crippen molar-refractivity contribution in [3.8, 4) is 22.9 Å². The zero-order chi connectivity index (χ0) is 20.9. The molecule has 0 radical (unpaired) electrons. The van der Waals surface area contributed by atoms with Gasteiger partial charge in [-0.1, -0.05) is 42.5 Å². The van der Waals surface area contributed by atoms with Gasteiger partial charge in [0.2, 0.25) is 0 Å². The standard InChI is InChI=1S/C25H20N2O3/c1-17(24-14-21-4-2-3-5-23(21)30-24)27-25(28)16-29-22-12-10-20(11-13-22)19-8-6-18(15-26)7-9-19/h2-14,17H,16H2,1H3,(H,27,28)/t17-/m1/s1. The van der Waals surface area contributed by atoms with Crippen LogP contribution >= 0.6 is 0 Å². The van der Waals surface area contributed by atoms with E-state index in [0.29, 0.717) is 17.1 Å². The Morgan fingerprint density at radius 1 is 1.03 bits per heavy atom. The number of nitriles is 1. The molecule has 0 unspecified atom stereocenters. The number of carbonyl (C=O) groups is 1. The van der Waals surface area contributed by atoms with Crippen LogP contribution in [0.25, 0.3) is 22.1 Å². The van der Waals surface area contributed by atoms with E-state index in [2.05, 4.69) is 11.4 Å². The molecule has 0 bridgehead atoms. The summed E-state index contributed by atoms with van der Waals surface area (Å²) < 4.78 is 11.4. The van der Waals surface area contributed by atoms with Gasteiger partial charge in [0.25, 0.3) is 5.91 Å². The summed E-state index contributed by atoms with van der Waals surface area (Å²) in [5, 5.41) is 12.8. The predicted octanol–water partition coefficient (Wildman–Crippen LogP) is 5.23. The molecule has 0 aliphatic rings. The van der Waals surface area contributed by atoms with Crippen LogP contribution < -0.4 is 10.1 Å². The lowest BCUT2D eigenvalue weighted by atomic mass is 10.0. The monoisotopic (exact) mass is 396 g/mol. The summed E-state index contributed by atoms with van der Waals surface area (Å²) in [6.45, 7) is 1.79. The zero-order valence-corrected chi connectivity index (χ0v) is 16.5. The van der Waals surface area contributed by atoms with Crippen molar-refractivity contribution >= 4 is 16.9 Å². The third-order valence-electron chi connectivity index (χ3n) is 4.82. The van der Waals surface area contributed by atoms with E-state index in [-0.39, 0.29) is 18.6 Å². The molecule has 1 aromatic heterocycles. The highest BCUT2D eigenvalue weighted by Gasteiger charge is 2.14. The first kappa shape index (κ1) is 19.3. The van der Waals surface area contributed by atoms with Crippen LogP contribution in [0.4, 0.5) is 0 Å². The topological polar surface area (TPSA) is 75.3 Å². The minimum Gasteiger partial charge on any atom is -0.484 e. The average Bonchev–Trinajstić information content (AvgIpc) is 3.23. The number of para-hydroxylation sites is 1.